The van der Waals surface area contributed by atoms with Gasteiger partial charge in [-0.15, -0.1) is 11.3 Å². The van der Waals surface area contributed by atoms with E-state index in [0.717, 1.165) is 37.6 Å². The minimum absolute atomic E-state index is 0.579. The molecular formula is C17H14BrN5S. The van der Waals surface area contributed by atoms with Gasteiger partial charge in [0.25, 0.3) is 5.95 Å². The van der Waals surface area contributed by atoms with Crippen molar-refractivity contribution in [1.82, 2.24) is 19.7 Å². The standard InChI is InChI=1S/C17H14BrN5S/c1-10-9-11(2)23(22-10)17-20-15(14-7-8-24-16(14)21-17)19-13-5-3-12(18)4-6-13/h3-9H,1-2H3,(H,19,20,21). The number of fused-ring (bicyclic) bond motifs is 1. The smallest absolute Gasteiger partial charge is 0.254 e. The number of nitrogens with zero attached hydrogens (tertiary/aromatic N) is 4. The van der Waals surface area contributed by atoms with E-state index in [9.17, 15) is 0 Å². The van der Waals surface area contributed by atoms with Crippen LogP contribution in [0.2, 0.25) is 0 Å². The fraction of sp³-hybridized carbons (Fsp3) is 0.118. The number of halogens is 1. The maximum absolute atomic E-state index is 4.71. The molecule has 0 fully saturated rings. The minimum Gasteiger partial charge on any atom is -0.340 e. The fourth-order valence-corrected chi connectivity index (χ4v) is 3.56. The first-order valence-corrected chi connectivity index (χ1v) is 9.09. The molecule has 3 aromatic heterocycles. The molecule has 0 aliphatic heterocycles. The van der Waals surface area contributed by atoms with Crippen LogP contribution in [0.4, 0.5) is 11.5 Å². The van der Waals surface area contributed by atoms with Crippen molar-refractivity contribution in [2.24, 2.45) is 0 Å². The highest BCUT2D eigenvalue weighted by Gasteiger charge is 2.13. The van der Waals surface area contributed by atoms with Crippen LogP contribution in [-0.2, 0) is 0 Å². The number of anilines is 2. The predicted octanol–water partition coefficient (Wildman–Crippen LogP) is 5.00. The molecule has 0 atom stereocenters. The van der Waals surface area contributed by atoms with E-state index < -0.39 is 0 Å². The number of hydrogen-bond acceptors (Lipinski definition) is 5. The lowest BCUT2D eigenvalue weighted by Crippen LogP contribution is -2.07. The molecular weight excluding hydrogens is 386 g/mol. The third-order valence-corrected chi connectivity index (χ3v) is 4.95. The molecule has 4 aromatic rings. The Balaban J connectivity index is 1.83. The second-order valence-electron chi connectivity index (χ2n) is 5.48. The highest BCUT2D eigenvalue weighted by atomic mass is 79.9. The van der Waals surface area contributed by atoms with Gasteiger partial charge in [-0.2, -0.15) is 15.1 Å². The maximum Gasteiger partial charge on any atom is 0.254 e. The summed E-state index contributed by atoms with van der Waals surface area (Å²) >= 11 is 5.05. The number of hydrogen-bond donors (Lipinski definition) is 1. The third kappa shape index (κ3) is 2.81. The average Bonchev–Trinajstić information content (AvgIpc) is 3.15. The SMILES string of the molecule is Cc1cc(C)n(-c2nc(Nc3ccc(Br)cc3)c3ccsc3n2)n1. The number of nitrogens with one attached hydrogen (secondary N) is 1. The van der Waals surface area contributed by atoms with Gasteiger partial charge >= 0.3 is 0 Å². The van der Waals surface area contributed by atoms with Gasteiger partial charge in [-0.25, -0.2) is 4.68 Å². The van der Waals surface area contributed by atoms with Crippen LogP contribution in [0.25, 0.3) is 16.2 Å². The van der Waals surface area contributed by atoms with Gasteiger partial charge in [-0.3, -0.25) is 0 Å². The summed E-state index contributed by atoms with van der Waals surface area (Å²) in [5.41, 5.74) is 2.94. The van der Waals surface area contributed by atoms with Crippen LogP contribution >= 0.6 is 27.3 Å². The zero-order valence-electron chi connectivity index (χ0n) is 13.1. The van der Waals surface area contributed by atoms with Gasteiger partial charge in [0.05, 0.1) is 11.1 Å². The Labute approximate surface area is 151 Å². The lowest BCUT2D eigenvalue weighted by Gasteiger charge is -2.10. The molecule has 0 saturated heterocycles. The summed E-state index contributed by atoms with van der Waals surface area (Å²) in [7, 11) is 0. The molecule has 0 aliphatic rings. The van der Waals surface area contributed by atoms with Crippen molar-refractivity contribution in [2.45, 2.75) is 13.8 Å². The minimum atomic E-state index is 0.579. The molecule has 1 N–H and O–H groups in total. The van der Waals surface area contributed by atoms with Crippen molar-refractivity contribution in [3.8, 4) is 5.95 Å². The fourth-order valence-electron chi connectivity index (χ4n) is 2.54. The van der Waals surface area contributed by atoms with E-state index in [4.69, 9.17) is 4.98 Å². The Bertz CT molecular complexity index is 1020. The van der Waals surface area contributed by atoms with E-state index >= 15 is 0 Å². The number of aryl methyl sites for hydroxylation is 2. The Kier molecular flexibility index (Phi) is 3.82. The molecule has 0 unspecified atom stereocenters. The molecule has 0 radical (unpaired) electrons. The molecule has 7 heteroatoms. The molecule has 5 nitrogen and oxygen atoms in total. The zero-order chi connectivity index (χ0) is 16.7. The molecule has 4 rings (SSSR count). The Hall–Kier alpha value is -2.25. The summed E-state index contributed by atoms with van der Waals surface area (Å²) in [5.74, 6) is 1.36. The Morgan fingerprint density at radius 3 is 2.58 bits per heavy atom. The van der Waals surface area contributed by atoms with Gasteiger partial charge in [0.2, 0.25) is 0 Å². The summed E-state index contributed by atoms with van der Waals surface area (Å²) in [6, 6.07) is 12.1. The summed E-state index contributed by atoms with van der Waals surface area (Å²) in [4.78, 5) is 10.3. The van der Waals surface area contributed by atoms with Crippen molar-refractivity contribution in [3.63, 3.8) is 0 Å². The van der Waals surface area contributed by atoms with Crippen molar-refractivity contribution in [3.05, 3.63) is 57.6 Å². The van der Waals surface area contributed by atoms with Gasteiger partial charge in [0.15, 0.2) is 0 Å². The predicted molar refractivity (Wildman–Crippen MR) is 101 cm³/mol. The van der Waals surface area contributed by atoms with Crippen molar-refractivity contribution in [1.29, 1.82) is 0 Å². The van der Waals surface area contributed by atoms with Gasteiger partial charge in [0, 0.05) is 15.9 Å². The Morgan fingerprint density at radius 2 is 1.88 bits per heavy atom. The normalized spacial score (nSPS) is 11.1. The van der Waals surface area contributed by atoms with E-state index in [1.165, 1.54) is 0 Å². The van der Waals surface area contributed by atoms with Gasteiger partial charge in [-0.05, 0) is 55.6 Å². The lowest BCUT2D eigenvalue weighted by molar-refractivity contribution is 0.782. The molecule has 3 heterocycles. The van der Waals surface area contributed by atoms with Crippen LogP contribution in [0.3, 0.4) is 0 Å². The molecule has 24 heavy (non-hydrogen) atoms. The second-order valence-corrected chi connectivity index (χ2v) is 7.29. The first-order valence-electron chi connectivity index (χ1n) is 7.41. The van der Waals surface area contributed by atoms with E-state index in [1.807, 2.05) is 55.6 Å². The van der Waals surface area contributed by atoms with E-state index in [2.05, 4.69) is 31.3 Å². The van der Waals surface area contributed by atoms with Crippen molar-refractivity contribution >= 4 is 49.0 Å². The topological polar surface area (TPSA) is 55.6 Å². The third-order valence-electron chi connectivity index (χ3n) is 3.62. The van der Waals surface area contributed by atoms with Crippen molar-refractivity contribution < 1.29 is 0 Å². The van der Waals surface area contributed by atoms with E-state index in [-0.39, 0.29) is 0 Å². The quantitative estimate of drug-likeness (QED) is 0.526. The highest BCUT2D eigenvalue weighted by Crippen LogP contribution is 2.29. The zero-order valence-corrected chi connectivity index (χ0v) is 15.5. The number of thiophene rings is 1. The molecule has 0 saturated carbocycles. The van der Waals surface area contributed by atoms with Gasteiger partial charge < -0.3 is 5.32 Å². The molecule has 120 valence electrons. The van der Waals surface area contributed by atoms with Gasteiger partial charge in [0.1, 0.15) is 10.6 Å². The van der Waals surface area contributed by atoms with Crippen LogP contribution in [0.1, 0.15) is 11.4 Å². The summed E-state index contributed by atoms with van der Waals surface area (Å²) < 4.78 is 2.82. The summed E-state index contributed by atoms with van der Waals surface area (Å²) in [5, 5.41) is 10.9. The first kappa shape index (κ1) is 15.3. The van der Waals surface area contributed by atoms with E-state index in [0.29, 0.717) is 5.95 Å². The average molecular weight is 400 g/mol. The maximum atomic E-state index is 4.71. The number of rotatable bonds is 3. The van der Waals surface area contributed by atoms with Crippen LogP contribution in [0.5, 0.6) is 0 Å². The van der Waals surface area contributed by atoms with Crippen LogP contribution < -0.4 is 5.32 Å². The molecule has 0 amide bonds. The highest BCUT2D eigenvalue weighted by molar-refractivity contribution is 9.10. The largest absolute Gasteiger partial charge is 0.340 e. The first-order chi connectivity index (χ1) is 11.6. The molecule has 0 aliphatic carbocycles. The van der Waals surface area contributed by atoms with E-state index in [1.54, 1.807) is 16.0 Å². The monoisotopic (exact) mass is 399 g/mol. The lowest BCUT2D eigenvalue weighted by atomic mass is 10.3. The van der Waals surface area contributed by atoms with Crippen LogP contribution in [0, 0.1) is 13.8 Å². The number of benzene rings is 1. The van der Waals surface area contributed by atoms with Crippen LogP contribution in [0.15, 0.2) is 46.3 Å². The molecule has 0 bridgehead atoms. The summed E-state index contributed by atoms with van der Waals surface area (Å²) in [6.07, 6.45) is 0. The van der Waals surface area contributed by atoms with Crippen LogP contribution in [-0.4, -0.2) is 19.7 Å². The summed E-state index contributed by atoms with van der Waals surface area (Å²) in [6.45, 7) is 3.97. The van der Waals surface area contributed by atoms with Gasteiger partial charge in [-0.1, -0.05) is 15.9 Å². The molecule has 0 spiro atoms. The second kappa shape index (κ2) is 5.99. The number of aromatic nitrogens is 4. The molecule has 1 aromatic carbocycles. The van der Waals surface area contributed by atoms with Crippen molar-refractivity contribution in [2.75, 3.05) is 5.32 Å². The Morgan fingerprint density at radius 1 is 1.08 bits per heavy atom.